The second kappa shape index (κ2) is 6.95. The van der Waals surface area contributed by atoms with Gasteiger partial charge in [0, 0.05) is 28.7 Å². The van der Waals surface area contributed by atoms with Crippen molar-refractivity contribution in [1.29, 1.82) is 0 Å². The molecule has 8 heteroatoms. The smallest absolute Gasteiger partial charge is 0.264 e. The van der Waals surface area contributed by atoms with Crippen molar-refractivity contribution in [3.63, 3.8) is 0 Å². The zero-order chi connectivity index (χ0) is 21.8. The lowest BCUT2D eigenvalue weighted by Gasteiger charge is -2.09. The molecular formula is C23H17FN4O2S. The Morgan fingerprint density at radius 2 is 1.74 bits per heavy atom. The Morgan fingerprint density at radius 1 is 0.968 bits per heavy atom. The molecule has 6 nitrogen and oxygen atoms in total. The van der Waals surface area contributed by atoms with Crippen molar-refractivity contribution < 1.29 is 12.8 Å². The Bertz CT molecular complexity index is 1560. The van der Waals surface area contributed by atoms with Gasteiger partial charge in [0.25, 0.3) is 10.0 Å². The number of aryl methyl sites for hydroxylation is 2. The minimum Gasteiger partial charge on any atom is -0.264 e. The average Bonchev–Trinajstić information content (AvgIpc) is 3.12. The van der Waals surface area contributed by atoms with Gasteiger partial charge in [-0.3, -0.25) is 9.97 Å². The van der Waals surface area contributed by atoms with Crippen LogP contribution in [-0.2, 0) is 10.0 Å². The standard InChI is InChI=1S/C23H17FN4O2S/c1-14-5-7-17(8-6-14)31(29,30)28-21-13-26-20(16-4-3-9-25-11-16)10-18(21)22-15(2)19(24)12-27-23(22)28/h3-13H,1-2H3. The number of hydrogen-bond acceptors (Lipinski definition) is 5. The Kier molecular flexibility index (Phi) is 4.33. The zero-order valence-corrected chi connectivity index (χ0v) is 17.6. The highest BCUT2D eigenvalue weighted by Gasteiger charge is 2.26. The highest BCUT2D eigenvalue weighted by atomic mass is 32.2. The molecular weight excluding hydrogens is 415 g/mol. The van der Waals surface area contributed by atoms with Crippen LogP contribution in [-0.4, -0.2) is 27.3 Å². The van der Waals surface area contributed by atoms with Crippen LogP contribution in [0.3, 0.4) is 0 Å². The number of pyridine rings is 3. The average molecular weight is 432 g/mol. The van der Waals surface area contributed by atoms with Crippen molar-refractivity contribution in [3.05, 3.63) is 84.2 Å². The molecule has 0 amide bonds. The molecule has 0 bridgehead atoms. The van der Waals surface area contributed by atoms with Crippen LogP contribution < -0.4 is 0 Å². The maximum Gasteiger partial charge on any atom is 0.269 e. The third kappa shape index (κ3) is 2.98. The van der Waals surface area contributed by atoms with Gasteiger partial charge in [-0.1, -0.05) is 17.7 Å². The Morgan fingerprint density at radius 3 is 2.45 bits per heavy atom. The van der Waals surface area contributed by atoms with Gasteiger partial charge >= 0.3 is 0 Å². The molecule has 0 aliphatic heterocycles. The Balaban J connectivity index is 1.89. The summed E-state index contributed by atoms with van der Waals surface area (Å²) in [7, 11) is -3.99. The van der Waals surface area contributed by atoms with Crippen molar-refractivity contribution in [1.82, 2.24) is 18.9 Å². The maximum absolute atomic E-state index is 14.4. The zero-order valence-electron chi connectivity index (χ0n) is 16.7. The first-order chi connectivity index (χ1) is 14.9. The lowest BCUT2D eigenvalue weighted by atomic mass is 10.1. The highest BCUT2D eigenvalue weighted by molar-refractivity contribution is 7.90. The van der Waals surface area contributed by atoms with Crippen molar-refractivity contribution >= 4 is 32.0 Å². The molecule has 1 aromatic carbocycles. The summed E-state index contributed by atoms with van der Waals surface area (Å²) in [5.74, 6) is -0.501. The molecule has 0 spiro atoms. The largest absolute Gasteiger partial charge is 0.269 e. The molecule has 0 saturated heterocycles. The molecule has 5 aromatic rings. The molecule has 0 radical (unpaired) electrons. The minimum atomic E-state index is -3.99. The number of hydrogen-bond donors (Lipinski definition) is 0. The lowest BCUT2D eigenvalue weighted by Crippen LogP contribution is -2.13. The number of rotatable bonds is 3. The van der Waals surface area contributed by atoms with Crippen molar-refractivity contribution in [3.8, 4) is 11.3 Å². The van der Waals surface area contributed by atoms with E-state index in [0.29, 0.717) is 27.5 Å². The topological polar surface area (TPSA) is 77.7 Å². The molecule has 154 valence electrons. The predicted octanol–water partition coefficient (Wildman–Crippen LogP) is 4.64. The first-order valence-electron chi connectivity index (χ1n) is 9.56. The summed E-state index contributed by atoms with van der Waals surface area (Å²) in [6.07, 6.45) is 5.86. The van der Waals surface area contributed by atoms with Gasteiger partial charge in [-0.15, -0.1) is 0 Å². The third-order valence-electron chi connectivity index (χ3n) is 5.34. The molecule has 0 N–H and O–H groups in total. The number of fused-ring (bicyclic) bond motifs is 3. The van der Waals surface area contributed by atoms with Gasteiger partial charge in [0.15, 0.2) is 5.65 Å². The molecule has 0 aliphatic rings. The Hall–Kier alpha value is -3.65. The van der Waals surface area contributed by atoms with E-state index < -0.39 is 15.8 Å². The van der Waals surface area contributed by atoms with Crippen LogP contribution in [0.4, 0.5) is 4.39 Å². The number of aromatic nitrogens is 4. The Labute approximate surface area is 178 Å². The lowest BCUT2D eigenvalue weighted by molar-refractivity contribution is 0.589. The fourth-order valence-electron chi connectivity index (χ4n) is 3.70. The van der Waals surface area contributed by atoms with Crippen LogP contribution in [0.25, 0.3) is 33.2 Å². The fourth-order valence-corrected chi connectivity index (χ4v) is 5.16. The molecule has 31 heavy (non-hydrogen) atoms. The van der Waals surface area contributed by atoms with Crippen LogP contribution in [0.15, 0.2) is 72.1 Å². The quantitative estimate of drug-likeness (QED) is 0.415. The van der Waals surface area contributed by atoms with Gasteiger partial charge in [0.2, 0.25) is 0 Å². The van der Waals surface area contributed by atoms with Gasteiger partial charge in [0.05, 0.1) is 28.5 Å². The molecule has 5 rings (SSSR count). The van der Waals surface area contributed by atoms with Crippen molar-refractivity contribution in [2.45, 2.75) is 18.7 Å². The number of nitrogens with zero attached hydrogens (tertiary/aromatic N) is 4. The van der Waals surface area contributed by atoms with Crippen LogP contribution in [0.1, 0.15) is 11.1 Å². The highest BCUT2D eigenvalue weighted by Crippen LogP contribution is 2.35. The van der Waals surface area contributed by atoms with Crippen molar-refractivity contribution in [2.75, 3.05) is 0 Å². The minimum absolute atomic E-state index is 0.122. The van der Waals surface area contributed by atoms with Gasteiger partial charge in [-0.25, -0.2) is 21.8 Å². The molecule has 0 aliphatic carbocycles. The summed E-state index contributed by atoms with van der Waals surface area (Å²) in [5, 5.41) is 1.00. The van der Waals surface area contributed by atoms with Crippen molar-refractivity contribution in [2.24, 2.45) is 0 Å². The van der Waals surface area contributed by atoms with E-state index in [1.165, 1.54) is 6.20 Å². The fraction of sp³-hybridized carbons (Fsp3) is 0.0870. The van der Waals surface area contributed by atoms with E-state index in [1.807, 2.05) is 13.0 Å². The molecule has 4 aromatic heterocycles. The molecule has 0 atom stereocenters. The summed E-state index contributed by atoms with van der Waals surface area (Å²) in [6, 6.07) is 12.0. The van der Waals surface area contributed by atoms with Crippen LogP contribution >= 0.6 is 0 Å². The van der Waals surface area contributed by atoms with E-state index in [0.717, 1.165) is 21.3 Å². The van der Waals surface area contributed by atoms with Gasteiger partial charge in [-0.2, -0.15) is 0 Å². The second-order valence-corrected chi connectivity index (χ2v) is 9.13. The van der Waals surface area contributed by atoms with Crippen LogP contribution in [0.2, 0.25) is 0 Å². The summed E-state index contributed by atoms with van der Waals surface area (Å²) >= 11 is 0. The monoisotopic (exact) mass is 432 g/mol. The van der Waals surface area contributed by atoms with E-state index in [-0.39, 0.29) is 10.5 Å². The van der Waals surface area contributed by atoms with Crippen LogP contribution in [0.5, 0.6) is 0 Å². The summed E-state index contributed by atoms with van der Waals surface area (Å²) in [5.41, 5.74) is 3.16. The van der Waals surface area contributed by atoms with E-state index in [9.17, 15) is 12.8 Å². The van der Waals surface area contributed by atoms with E-state index in [4.69, 9.17) is 0 Å². The van der Waals surface area contributed by atoms with Crippen LogP contribution in [0, 0.1) is 19.7 Å². The van der Waals surface area contributed by atoms with Gasteiger partial charge in [0.1, 0.15) is 5.82 Å². The SMILES string of the molecule is Cc1ccc(S(=O)(=O)n2c3cnc(-c4cccnc4)cc3c3c(C)c(F)cnc32)cc1. The van der Waals surface area contributed by atoms with E-state index >= 15 is 0 Å². The summed E-state index contributed by atoms with van der Waals surface area (Å²) in [6.45, 7) is 3.50. The normalized spacial score (nSPS) is 12.0. The molecule has 0 saturated carbocycles. The molecule has 0 unspecified atom stereocenters. The molecule has 4 heterocycles. The number of benzene rings is 1. The molecule has 0 fully saturated rings. The van der Waals surface area contributed by atoms with E-state index in [2.05, 4.69) is 15.0 Å². The van der Waals surface area contributed by atoms with Gasteiger partial charge in [-0.05, 0) is 49.7 Å². The number of halogens is 1. The first kappa shape index (κ1) is 19.3. The van der Waals surface area contributed by atoms with E-state index in [1.54, 1.807) is 55.7 Å². The van der Waals surface area contributed by atoms with Gasteiger partial charge < -0.3 is 0 Å². The first-order valence-corrected chi connectivity index (χ1v) is 11.0. The predicted molar refractivity (Wildman–Crippen MR) is 117 cm³/mol. The second-order valence-electron chi connectivity index (χ2n) is 7.34. The summed E-state index contributed by atoms with van der Waals surface area (Å²) in [4.78, 5) is 12.9. The summed E-state index contributed by atoms with van der Waals surface area (Å²) < 4.78 is 42.7. The third-order valence-corrected chi connectivity index (χ3v) is 7.06. The maximum atomic E-state index is 14.4.